The lowest BCUT2D eigenvalue weighted by molar-refractivity contribution is -0.123. The lowest BCUT2D eigenvalue weighted by atomic mass is 10.1. The number of hydrogen-bond acceptors (Lipinski definition) is 5. The normalized spacial score (nSPS) is 10.4. The Hall–Kier alpha value is -2.83. The van der Waals surface area contributed by atoms with Crippen LogP contribution in [0.15, 0.2) is 54.6 Å². The average Bonchev–Trinajstić information content (AvgIpc) is 2.72. The van der Waals surface area contributed by atoms with Crippen molar-refractivity contribution < 1.29 is 14.3 Å². The molecule has 1 heterocycles. The lowest BCUT2D eigenvalue weighted by Gasteiger charge is -2.09. The zero-order valence-corrected chi connectivity index (χ0v) is 17.2. The highest BCUT2D eigenvalue weighted by molar-refractivity contribution is 6.35. The fourth-order valence-corrected chi connectivity index (χ4v) is 2.87. The third-order valence-corrected chi connectivity index (χ3v) is 4.44. The number of hydrogen-bond donors (Lipinski definition) is 1. The molecule has 1 N–H and O–H groups in total. The van der Waals surface area contributed by atoms with Crippen LogP contribution in [0.25, 0.3) is 11.3 Å². The summed E-state index contributed by atoms with van der Waals surface area (Å²) in [6, 6.07) is 16.4. The van der Waals surface area contributed by atoms with Gasteiger partial charge in [0.05, 0.1) is 17.3 Å². The van der Waals surface area contributed by atoms with Crippen LogP contribution in [0, 0.1) is 6.92 Å². The zero-order valence-electron chi connectivity index (χ0n) is 15.7. The summed E-state index contributed by atoms with van der Waals surface area (Å²) in [5.74, 6) is 0.492. The smallest absolute Gasteiger partial charge is 0.258 e. The predicted octanol–water partition coefficient (Wildman–Crippen LogP) is 4.33. The quantitative estimate of drug-likeness (QED) is 0.537. The van der Waals surface area contributed by atoms with Crippen LogP contribution in [0.4, 0.5) is 0 Å². The van der Waals surface area contributed by atoms with Crippen LogP contribution in [0.2, 0.25) is 10.0 Å². The second-order valence-electron chi connectivity index (χ2n) is 6.18. The molecule has 8 heteroatoms. The van der Waals surface area contributed by atoms with Crippen molar-refractivity contribution in [3.8, 4) is 22.9 Å². The van der Waals surface area contributed by atoms with Crippen LogP contribution in [0.5, 0.6) is 11.6 Å². The maximum Gasteiger partial charge on any atom is 0.258 e. The molecular weight excluding hydrogens is 413 g/mol. The van der Waals surface area contributed by atoms with E-state index < -0.39 is 0 Å². The van der Waals surface area contributed by atoms with E-state index in [4.69, 9.17) is 32.7 Å². The van der Waals surface area contributed by atoms with Crippen LogP contribution in [-0.2, 0) is 4.79 Å². The van der Waals surface area contributed by atoms with Crippen molar-refractivity contribution >= 4 is 29.1 Å². The van der Waals surface area contributed by atoms with Crippen LogP contribution < -0.4 is 14.8 Å². The summed E-state index contributed by atoms with van der Waals surface area (Å²) in [5.41, 5.74) is 2.94. The molecule has 1 aromatic heterocycles. The Bertz CT molecular complexity index is 964. The van der Waals surface area contributed by atoms with E-state index in [0.29, 0.717) is 28.2 Å². The van der Waals surface area contributed by atoms with Gasteiger partial charge < -0.3 is 14.8 Å². The van der Waals surface area contributed by atoms with Gasteiger partial charge in [-0.2, -0.15) is 0 Å². The minimum absolute atomic E-state index is 0.160. The summed E-state index contributed by atoms with van der Waals surface area (Å²) in [7, 11) is 0. The Morgan fingerprint density at radius 3 is 2.48 bits per heavy atom. The number of carbonyl (C=O) groups excluding carboxylic acids is 1. The summed E-state index contributed by atoms with van der Waals surface area (Å²) in [4.78, 5) is 11.8. The summed E-state index contributed by atoms with van der Waals surface area (Å²) >= 11 is 11.8. The number of rotatable bonds is 8. The van der Waals surface area contributed by atoms with Crippen molar-refractivity contribution in [3.05, 3.63) is 70.2 Å². The van der Waals surface area contributed by atoms with E-state index in [0.717, 1.165) is 11.3 Å². The molecule has 0 atom stereocenters. The minimum Gasteiger partial charge on any atom is -0.482 e. The van der Waals surface area contributed by atoms with E-state index in [1.54, 1.807) is 24.3 Å². The Labute approximate surface area is 178 Å². The van der Waals surface area contributed by atoms with Gasteiger partial charge in [-0.05, 0) is 31.2 Å². The van der Waals surface area contributed by atoms with Gasteiger partial charge in [0.1, 0.15) is 12.4 Å². The molecule has 0 aliphatic rings. The van der Waals surface area contributed by atoms with Gasteiger partial charge in [-0.1, -0.05) is 53.0 Å². The topological polar surface area (TPSA) is 73.3 Å². The maximum absolute atomic E-state index is 11.8. The first kappa shape index (κ1) is 20.9. The van der Waals surface area contributed by atoms with Gasteiger partial charge >= 0.3 is 0 Å². The summed E-state index contributed by atoms with van der Waals surface area (Å²) in [5, 5.41) is 11.8. The Balaban J connectivity index is 1.38. The number of halogens is 2. The van der Waals surface area contributed by atoms with E-state index in [-0.39, 0.29) is 19.1 Å². The van der Waals surface area contributed by atoms with E-state index in [2.05, 4.69) is 15.5 Å². The standard InChI is InChI=1S/C21H19Cl2N3O3/c1-14-2-4-15(5-3-14)18-7-9-21(26-25-18)28-11-10-24-20(27)13-29-19-8-6-16(22)12-17(19)23/h2-9,12H,10-11,13H2,1H3,(H,24,27). The summed E-state index contributed by atoms with van der Waals surface area (Å²) in [6.07, 6.45) is 0. The minimum atomic E-state index is -0.291. The molecule has 0 saturated heterocycles. The predicted molar refractivity (Wildman–Crippen MR) is 113 cm³/mol. The first-order chi connectivity index (χ1) is 14.0. The van der Waals surface area contributed by atoms with Crippen LogP contribution in [-0.4, -0.2) is 35.9 Å². The maximum atomic E-state index is 11.8. The number of nitrogens with zero attached hydrogens (tertiary/aromatic N) is 2. The van der Waals surface area contributed by atoms with Crippen molar-refractivity contribution in [1.82, 2.24) is 15.5 Å². The van der Waals surface area contributed by atoms with Crippen LogP contribution in [0.1, 0.15) is 5.56 Å². The Morgan fingerprint density at radius 1 is 1.00 bits per heavy atom. The van der Waals surface area contributed by atoms with Gasteiger partial charge in [-0.3, -0.25) is 4.79 Å². The fourth-order valence-electron chi connectivity index (χ4n) is 2.41. The molecule has 6 nitrogen and oxygen atoms in total. The molecule has 3 rings (SSSR count). The molecule has 29 heavy (non-hydrogen) atoms. The number of carbonyl (C=O) groups is 1. The molecule has 0 radical (unpaired) electrons. The highest BCUT2D eigenvalue weighted by Crippen LogP contribution is 2.27. The number of aromatic nitrogens is 2. The highest BCUT2D eigenvalue weighted by atomic mass is 35.5. The fraction of sp³-hybridized carbons (Fsp3) is 0.190. The average molecular weight is 432 g/mol. The SMILES string of the molecule is Cc1ccc(-c2ccc(OCCNC(=O)COc3ccc(Cl)cc3Cl)nn2)cc1. The van der Waals surface area contributed by atoms with E-state index >= 15 is 0 Å². The largest absolute Gasteiger partial charge is 0.482 e. The highest BCUT2D eigenvalue weighted by Gasteiger charge is 2.07. The van der Waals surface area contributed by atoms with Crippen molar-refractivity contribution in [2.45, 2.75) is 6.92 Å². The van der Waals surface area contributed by atoms with Crippen molar-refractivity contribution in [1.29, 1.82) is 0 Å². The number of amides is 1. The summed E-state index contributed by atoms with van der Waals surface area (Å²) in [6.45, 7) is 2.43. The number of ether oxygens (including phenoxy) is 2. The molecule has 0 bridgehead atoms. The first-order valence-electron chi connectivity index (χ1n) is 8.89. The van der Waals surface area contributed by atoms with Gasteiger partial charge in [0.25, 0.3) is 5.91 Å². The number of aryl methyl sites for hydroxylation is 1. The second-order valence-corrected chi connectivity index (χ2v) is 7.03. The van der Waals surface area contributed by atoms with Gasteiger partial charge in [0, 0.05) is 16.7 Å². The van der Waals surface area contributed by atoms with Crippen LogP contribution in [0.3, 0.4) is 0 Å². The van der Waals surface area contributed by atoms with Crippen molar-refractivity contribution in [3.63, 3.8) is 0 Å². The molecule has 150 valence electrons. The molecule has 0 spiro atoms. The molecule has 3 aromatic rings. The molecule has 0 saturated carbocycles. The van der Waals surface area contributed by atoms with E-state index in [1.165, 1.54) is 5.56 Å². The molecule has 1 amide bonds. The Morgan fingerprint density at radius 2 is 1.79 bits per heavy atom. The van der Waals surface area contributed by atoms with Gasteiger partial charge in [-0.25, -0.2) is 0 Å². The molecule has 0 fully saturated rings. The van der Waals surface area contributed by atoms with Crippen molar-refractivity contribution in [2.24, 2.45) is 0 Å². The van der Waals surface area contributed by atoms with Gasteiger partial charge in [0.15, 0.2) is 6.61 Å². The third kappa shape index (κ3) is 6.34. The molecule has 0 unspecified atom stereocenters. The number of benzene rings is 2. The van der Waals surface area contributed by atoms with E-state index in [9.17, 15) is 4.79 Å². The van der Waals surface area contributed by atoms with Gasteiger partial charge in [-0.15, -0.1) is 10.2 Å². The van der Waals surface area contributed by atoms with Crippen molar-refractivity contribution in [2.75, 3.05) is 19.8 Å². The molecule has 0 aliphatic carbocycles. The molecular formula is C21H19Cl2N3O3. The van der Waals surface area contributed by atoms with Gasteiger partial charge in [0.2, 0.25) is 5.88 Å². The lowest BCUT2D eigenvalue weighted by Crippen LogP contribution is -2.32. The monoisotopic (exact) mass is 431 g/mol. The van der Waals surface area contributed by atoms with E-state index in [1.807, 2.05) is 37.3 Å². The second kappa shape index (κ2) is 10.1. The zero-order chi connectivity index (χ0) is 20.6. The first-order valence-corrected chi connectivity index (χ1v) is 9.65. The summed E-state index contributed by atoms with van der Waals surface area (Å²) < 4.78 is 10.9. The molecule has 0 aliphatic heterocycles. The Kier molecular flexibility index (Phi) is 7.27. The molecule has 2 aromatic carbocycles. The third-order valence-electron chi connectivity index (χ3n) is 3.91. The number of nitrogens with one attached hydrogen (secondary N) is 1. The van der Waals surface area contributed by atoms with Crippen LogP contribution >= 0.6 is 23.2 Å².